The Morgan fingerprint density at radius 3 is 2.65 bits per heavy atom. The van der Waals surface area contributed by atoms with Crippen molar-refractivity contribution in [2.45, 2.75) is 19.5 Å². The quantitative estimate of drug-likeness (QED) is 0.835. The first-order valence-electron chi connectivity index (χ1n) is 5.02. The molecule has 1 N–H and O–H groups in total. The van der Waals surface area contributed by atoms with Crippen LogP contribution < -0.4 is 5.56 Å². The maximum atomic E-state index is 12.5. The van der Waals surface area contributed by atoms with E-state index in [-0.39, 0.29) is 10.9 Å². The first kappa shape index (κ1) is 11.6. The van der Waals surface area contributed by atoms with Crippen molar-refractivity contribution in [1.82, 2.24) is 9.97 Å². The van der Waals surface area contributed by atoms with Gasteiger partial charge in [0.2, 0.25) is 0 Å². The van der Waals surface area contributed by atoms with Gasteiger partial charge in [0.15, 0.2) is 0 Å². The predicted octanol–water partition coefficient (Wildman–Crippen LogP) is 2.50. The van der Waals surface area contributed by atoms with Crippen LogP contribution in [0, 0.1) is 0 Å². The van der Waals surface area contributed by atoms with Crippen molar-refractivity contribution in [3.63, 3.8) is 0 Å². The lowest BCUT2D eigenvalue weighted by molar-refractivity contribution is -0.137. The summed E-state index contributed by atoms with van der Waals surface area (Å²) in [6, 6.07) is 2.91. The molecule has 0 radical (unpaired) electrons. The van der Waals surface area contributed by atoms with Gasteiger partial charge in [-0.25, -0.2) is 4.98 Å². The Morgan fingerprint density at radius 2 is 2.06 bits per heavy atom. The average Bonchev–Trinajstić information content (AvgIpc) is 2.27. The number of aromatic amines is 1. The molecule has 17 heavy (non-hydrogen) atoms. The topological polar surface area (TPSA) is 45.8 Å². The van der Waals surface area contributed by atoms with Crippen molar-refractivity contribution < 1.29 is 13.2 Å². The Balaban J connectivity index is 2.72. The van der Waals surface area contributed by atoms with E-state index in [9.17, 15) is 18.0 Å². The van der Waals surface area contributed by atoms with E-state index < -0.39 is 17.3 Å². The first-order valence-corrected chi connectivity index (χ1v) is 5.02. The summed E-state index contributed by atoms with van der Waals surface area (Å²) < 4.78 is 37.5. The molecule has 2 aromatic rings. The van der Waals surface area contributed by atoms with E-state index in [0.717, 1.165) is 18.2 Å². The third-order valence-electron chi connectivity index (χ3n) is 2.42. The third kappa shape index (κ3) is 2.15. The van der Waals surface area contributed by atoms with Crippen molar-refractivity contribution in [3.05, 3.63) is 39.9 Å². The number of hydrogen-bond acceptors (Lipinski definition) is 2. The van der Waals surface area contributed by atoms with Crippen molar-refractivity contribution in [1.29, 1.82) is 0 Å². The summed E-state index contributed by atoms with van der Waals surface area (Å²) in [6.07, 6.45) is -3.97. The van der Waals surface area contributed by atoms with Gasteiger partial charge in [0.05, 0.1) is 16.5 Å². The van der Waals surface area contributed by atoms with Crippen LogP contribution in [0.1, 0.15) is 18.3 Å². The molecule has 0 atom stereocenters. The molecule has 0 unspecified atom stereocenters. The monoisotopic (exact) mass is 242 g/mol. The highest BCUT2D eigenvalue weighted by Crippen LogP contribution is 2.30. The molecular weight excluding hydrogens is 233 g/mol. The van der Waals surface area contributed by atoms with E-state index in [1.54, 1.807) is 6.92 Å². The summed E-state index contributed by atoms with van der Waals surface area (Å²) in [5, 5.41) is 0.162. The predicted molar refractivity (Wildman–Crippen MR) is 56.7 cm³/mol. The van der Waals surface area contributed by atoms with Crippen molar-refractivity contribution in [2.75, 3.05) is 0 Å². The standard InChI is InChI=1S/C11H9F3N2O/c1-2-9-15-8-5-6(11(12,13)14)3-4-7(8)10(17)16-9/h3-5H,2H2,1H3,(H,15,16,17). The molecule has 0 aliphatic heterocycles. The zero-order chi connectivity index (χ0) is 12.6. The number of H-pyrrole nitrogens is 1. The molecular formula is C11H9F3N2O. The normalized spacial score (nSPS) is 12.0. The summed E-state index contributed by atoms with van der Waals surface area (Å²) in [6.45, 7) is 1.76. The summed E-state index contributed by atoms with van der Waals surface area (Å²) in [4.78, 5) is 18.0. The molecule has 0 aliphatic rings. The molecule has 1 heterocycles. The van der Waals surface area contributed by atoms with Crippen molar-refractivity contribution >= 4 is 10.9 Å². The molecule has 0 saturated heterocycles. The number of nitrogens with one attached hydrogen (secondary N) is 1. The zero-order valence-corrected chi connectivity index (χ0v) is 8.93. The molecule has 90 valence electrons. The Morgan fingerprint density at radius 1 is 1.35 bits per heavy atom. The molecule has 0 aliphatic carbocycles. The number of fused-ring (bicyclic) bond motifs is 1. The fraction of sp³-hybridized carbons (Fsp3) is 0.273. The minimum absolute atomic E-state index is 0.0698. The fourth-order valence-corrected chi connectivity index (χ4v) is 1.53. The summed E-state index contributed by atoms with van der Waals surface area (Å²) in [5.74, 6) is 0.377. The van der Waals surface area contributed by atoms with Crippen molar-refractivity contribution in [2.24, 2.45) is 0 Å². The maximum absolute atomic E-state index is 12.5. The van der Waals surface area contributed by atoms with Crippen LogP contribution >= 0.6 is 0 Å². The molecule has 0 saturated carbocycles. The van der Waals surface area contributed by atoms with Crippen LogP contribution in [0.15, 0.2) is 23.0 Å². The largest absolute Gasteiger partial charge is 0.416 e. The number of aryl methyl sites for hydroxylation is 1. The lowest BCUT2D eigenvalue weighted by Gasteiger charge is -2.07. The van der Waals surface area contributed by atoms with Gasteiger partial charge in [-0.15, -0.1) is 0 Å². The number of hydrogen-bond donors (Lipinski definition) is 1. The Kier molecular flexibility index (Phi) is 2.65. The van der Waals surface area contributed by atoms with Crippen LogP contribution in [-0.2, 0) is 12.6 Å². The Bertz CT molecular complexity index is 616. The lowest BCUT2D eigenvalue weighted by Crippen LogP contribution is -2.12. The van der Waals surface area contributed by atoms with Gasteiger partial charge in [0.1, 0.15) is 5.82 Å². The number of benzene rings is 1. The molecule has 0 spiro atoms. The van der Waals surface area contributed by atoms with Crippen LogP contribution in [0.5, 0.6) is 0 Å². The average molecular weight is 242 g/mol. The van der Waals surface area contributed by atoms with Gasteiger partial charge >= 0.3 is 6.18 Å². The molecule has 0 fully saturated rings. The van der Waals surface area contributed by atoms with Gasteiger partial charge in [-0.2, -0.15) is 13.2 Å². The van der Waals surface area contributed by atoms with Crippen LogP contribution in [0.2, 0.25) is 0 Å². The van der Waals surface area contributed by atoms with E-state index in [4.69, 9.17) is 0 Å². The summed E-state index contributed by atoms with van der Waals surface area (Å²) in [7, 11) is 0. The molecule has 1 aromatic heterocycles. The minimum Gasteiger partial charge on any atom is -0.310 e. The second-order valence-corrected chi connectivity index (χ2v) is 3.60. The van der Waals surface area contributed by atoms with Gasteiger partial charge < -0.3 is 4.98 Å². The van der Waals surface area contributed by atoms with Gasteiger partial charge in [-0.05, 0) is 18.2 Å². The minimum atomic E-state index is -4.43. The van der Waals surface area contributed by atoms with Crippen LogP contribution in [-0.4, -0.2) is 9.97 Å². The number of rotatable bonds is 1. The third-order valence-corrected chi connectivity index (χ3v) is 2.42. The zero-order valence-electron chi connectivity index (χ0n) is 8.93. The highest BCUT2D eigenvalue weighted by atomic mass is 19.4. The fourth-order valence-electron chi connectivity index (χ4n) is 1.53. The highest BCUT2D eigenvalue weighted by molar-refractivity contribution is 5.78. The first-order chi connectivity index (χ1) is 7.91. The Hall–Kier alpha value is -1.85. The molecule has 1 aromatic carbocycles. The molecule has 6 heteroatoms. The maximum Gasteiger partial charge on any atom is 0.416 e. The van der Waals surface area contributed by atoms with E-state index >= 15 is 0 Å². The van der Waals surface area contributed by atoms with E-state index in [2.05, 4.69) is 9.97 Å². The Labute approximate surface area is 94.3 Å². The van der Waals surface area contributed by atoms with E-state index in [1.165, 1.54) is 0 Å². The van der Waals surface area contributed by atoms with E-state index in [0.29, 0.717) is 12.2 Å². The second-order valence-electron chi connectivity index (χ2n) is 3.60. The van der Waals surface area contributed by atoms with Crippen LogP contribution in [0.25, 0.3) is 10.9 Å². The highest BCUT2D eigenvalue weighted by Gasteiger charge is 2.30. The molecule has 0 amide bonds. The van der Waals surface area contributed by atoms with E-state index in [1.807, 2.05) is 0 Å². The van der Waals surface area contributed by atoms with Gasteiger partial charge in [0.25, 0.3) is 5.56 Å². The lowest BCUT2D eigenvalue weighted by atomic mass is 10.1. The molecule has 3 nitrogen and oxygen atoms in total. The molecule has 2 rings (SSSR count). The van der Waals surface area contributed by atoms with Crippen molar-refractivity contribution in [3.8, 4) is 0 Å². The molecule has 0 bridgehead atoms. The number of alkyl halides is 3. The summed E-state index contributed by atoms with van der Waals surface area (Å²) in [5.41, 5.74) is -1.15. The number of halogens is 3. The summed E-state index contributed by atoms with van der Waals surface area (Å²) >= 11 is 0. The SMILES string of the molecule is CCc1nc2cc(C(F)(F)F)ccc2c(=O)[nH]1. The number of aromatic nitrogens is 2. The van der Waals surface area contributed by atoms with Gasteiger partial charge in [-0.1, -0.05) is 6.92 Å². The smallest absolute Gasteiger partial charge is 0.310 e. The number of nitrogens with zero attached hydrogens (tertiary/aromatic N) is 1. The van der Waals surface area contributed by atoms with Gasteiger partial charge in [-0.3, -0.25) is 4.79 Å². The second kappa shape index (κ2) is 3.87. The van der Waals surface area contributed by atoms with Crippen LogP contribution in [0.3, 0.4) is 0 Å². The van der Waals surface area contributed by atoms with Gasteiger partial charge in [0, 0.05) is 6.42 Å². The van der Waals surface area contributed by atoms with Crippen LogP contribution in [0.4, 0.5) is 13.2 Å².